The standard InChI is InChI=1S/C29H48O4/c1-5-9-10-11-12-13-14-15-16-17-18-21-24-32-27(30)29(7-3,8-4)28(31)33-26-23-20-19-22-25(26)6-2/h19-20,22-23H,5-18,21,24H2,1-4H3. The Hall–Kier alpha value is -1.84. The van der Waals surface area contributed by atoms with E-state index in [9.17, 15) is 9.59 Å². The van der Waals surface area contributed by atoms with E-state index in [1.165, 1.54) is 64.2 Å². The lowest BCUT2D eigenvalue weighted by Gasteiger charge is -2.27. The zero-order valence-electron chi connectivity index (χ0n) is 21.8. The second kappa shape index (κ2) is 17.6. The van der Waals surface area contributed by atoms with Gasteiger partial charge in [0.25, 0.3) is 0 Å². The van der Waals surface area contributed by atoms with Gasteiger partial charge in [-0.25, -0.2) is 0 Å². The maximum atomic E-state index is 13.0. The molecule has 188 valence electrons. The van der Waals surface area contributed by atoms with Crippen LogP contribution in [0.15, 0.2) is 24.3 Å². The average Bonchev–Trinajstić information content (AvgIpc) is 2.83. The van der Waals surface area contributed by atoms with Crippen molar-refractivity contribution < 1.29 is 19.1 Å². The second-order valence-corrected chi connectivity index (χ2v) is 9.17. The van der Waals surface area contributed by atoms with Crippen LogP contribution in [0.4, 0.5) is 0 Å². The van der Waals surface area contributed by atoms with Crippen LogP contribution in [0.2, 0.25) is 0 Å². The van der Waals surface area contributed by atoms with Crippen molar-refractivity contribution in [3.8, 4) is 5.75 Å². The Balaban J connectivity index is 2.32. The molecule has 33 heavy (non-hydrogen) atoms. The Kier molecular flexibility index (Phi) is 15.6. The fourth-order valence-corrected chi connectivity index (χ4v) is 4.25. The molecule has 4 heteroatoms. The first-order chi connectivity index (χ1) is 16.1. The molecule has 0 radical (unpaired) electrons. The summed E-state index contributed by atoms with van der Waals surface area (Å²) in [6, 6.07) is 7.48. The van der Waals surface area contributed by atoms with Crippen LogP contribution < -0.4 is 4.74 Å². The van der Waals surface area contributed by atoms with E-state index in [2.05, 4.69) is 6.92 Å². The van der Waals surface area contributed by atoms with Gasteiger partial charge >= 0.3 is 11.9 Å². The number of hydrogen-bond acceptors (Lipinski definition) is 4. The van der Waals surface area contributed by atoms with Crippen LogP contribution in [0, 0.1) is 5.41 Å². The van der Waals surface area contributed by atoms with Gasteiger partial charge in [-0.2, -0.15) is 0 Å². The summed E-state index contributed by atoms with van der Waals surface area (Å²) >= 11 is 0. The molecule has 1 rings (SSSR count). The highest BCUT2D eigenvalue weighted by atomic mass is 16.6. The van der Waals surface area contributed by atoms with E-state index in [4.69, 9.17) is 9.47 Å². The predicted octanol–water partition coefficient (Wildman–Crippen LogP) is 8.21. The molecule has 0 heterocycles. The maximum Gasteiger partial charge on any atom is 0.328 e. The molecule has 1 aromatic rings. The largest absolute Gasteiger partial charge is 0.465 e. The first-order valence-corrected chi connectivity index (χ1v) is 13.5. The molecule has 0 N–H and O–H groups in total. The third-order valence-electron chi connectivity index (χ3n) is 6.78. The molecule has 0 unspecified atom stereocenters. The first kappa shape index (κ1) is 29.2. The van der Waals surface area contributed by atoms with Crippen LogP contribution in [0.1, 0.15) is 123 Å². The molecule has 0 bridgehead atoms. The summed E-state index contributed by atoms with van der Waals surface area (Å²) in [6.07, 6.45) is 16.6. The lowest BCUT2D eigenvalue weighted by molar-refractivity contribution is -0.168. The zero-order valence-corrected chi connectivity index (χ0v) is 21.8. The summed E-state index contributed by atoms with van der Waals surface area (Å²) < 4.78 is 11.2. The molecule has 1 aromatic carbocycles. The van der Waals surface area contributed by atoms with Gasteiger partial charge in [-0.1, -0.05) is 117 Å². The fourth-order valence-electron chi connectivity index (χ4n) is 4.25. The molecule has 0 spiro atoms. The number of esters is 2. The molecule has 0 aliphatic heterocycles. The molecule has 0 saturated heterocycles. The predicted molar refractivity (Wildman–Crippen MR) is 137 cm³/mol. The van der Waals surface area contributed by atoms with Crippen molar-refractivity contribution in [2.24, 2.45) is 5.41 Å². The minimum Gasteiger partial charge on any atom is -0.465 e. The lowest BCUT2D eigenvalue weighted by atomic mass is 9.82. The third-order valence-corrected chi connectivity index (χ3v) is 6.78. The molecule has 0 fully saturated rings. The van der Waals surface area contributed by atoms with E-state index in [1.807, 2.05) is 39.0 Å². The van der Waals surface area contributed by atoms with E-state index in [-0.39, 0.29) is 0 Å². The van der Waals surface area contributed by atoms with Gasteiger partial charge in [0, 0.05) is 0 Å². The maximum absolute atomic E-state index is 13.0. The monoisotopic (exact) mass is 460 g/mol. The van der Waals surface area contributed by atoms with E-state index < -0.39 is 17.4 Å². The smallest absolute Gasteiger partial charge is 0.328 e. The van der Waals surface area contributed by atoms with Crippen molar-refractivity contribution in [2.45, 2.75) is 124 Å². The van der Waals surface area contributed by atoms with Gasteiger partial charge in [-0.05, 0) is 37.3 Å². The fraction of sp³-hybridized carbons (Fsp3) is 0.724. The quantitative estimate of drug-likeness (QED) is 0.0903. The molecular weight excluding hydrogens is 412 g/mol. The number of carbonyl (C=O) groups excluding carboxylic acids is 2. The van der Waals surface area contributed by atoms with Crippen LogP contribution in [-0.2, 0) is 20.7 Å². The van der Waals surface area contributed by atoms with Gasteiger partial charge in [-0.3, -0.25) is 9.59 Å². The normalized spacial score (nSPS) is 11.4. The topological polar surface area (TPSA) is 52.6 Å². The highest BCUT2D eigenvalue weighted by Crippen LogP contribution is 2.32. The Morgan fingerprint density at radius 1 is 0.697 bits per heavy atom. The Labute approximate surface area is 202 Å². The highest BCUT2D eigenvalue weighted by molar-refractivity contribution is 6.00. The number of aryl methyl sites for hydroxylation is 1. The molecule has 0 aromatic heterocycles. The van der Waals surface area contributed by atoms with Gasteiger partial charge in [0.05, 0.1) is 6.61 Å². The minimum absolute atomic E-state index is 0.369. The van der Waals surface area contributed by atoms with E-state index >= 15 is 0 Å². The Bertz CT molecular complexity index is 663. The third kappa shape index (κ3) is 10.3. The zero-order chi connectivity index (χ0) is 24.4. The van der Waals surface area contributed by atoms with Crippen LogP contribution in [0.25, 0.3) is 0 Å². The van der Waals surface area contributed by atoms with Crippen molar-refractivity contribution in [2.75, 3.05) is 6.61 Å². The molecular formula is C29H48O4. The highest BCUT2D eigenvalue weighted by Gasteiger charge is 2.46. The lowest BCUT2D eigenvalue weighted by Crippen LogP contribution is -2.42. The number of unbranched alkanes of at least 4 members (excludes halogenated alkanes) is 11. The number of hydrogen-bond donors (Lipinski definition) is 0. The van der Waals surface area contributed by atoms with E-state index in [1.54, 1.807) is 6.07 Å². The Morgan fingerprint density at radius 2 is 1.21 bits per heavy atom. The average molecular weight is 461 g/mol. The van der Waals surface area contributed by atoms with Crippen LogP contribution in [-0.4, -0.2) is 18.5 Å². The summed E-state index contributed by atoms with van der Waals surface area (Å²) in [4.78, 5) is 25.9. The van der Waals surface area contributed by atoms with Crippen LogP contribution in [0.5, 0.6) is 5.75 Å². The van der Waals surface area contributed by atoms with Gasteiger partial charge < -0.3 is 9.47 Å². The summed E-state index contributed by atoms with van der Waals surface area (Å²) in [5.74, 6) is -0.423. The number of ether oxygens (including phenoxy) is 2. The number of carbonyl (C=O) groups is 2. The molecule has 0 saturated carbocycles. The van der Waals surface area contributed by atoms with Crippen molar-refractivity contribution in [1.29, 1.82) is 0 Å². The SMILES string of the molecule is CCCCCCCCCCCCCCOC(=O)C(CC)(CC)C(=O)Oc1ccccc1CC. The van der Waals surface area contributed by atoms with Crippen LogP contribution >= 0.6 is 0 Å². The summed E-state index contributed by atoms with van der Waals surface area (Å²) in [5, 5.41) is 0. The number of benzene rings is 1. The molecule has 0 aliphatic carbocycles. The number of para-hydroxylation sites is 1. The summed E-state index contributed by atoms with van der Waals surface area (Å²) in [7, 11) is 0. The molecule has 0 amide bonds. The van der Waals surface area contributed by atoms with Gasteiger partial charge in [0.15, 0.2) is 5.41 Å². The summed E-state index contributed by atoms with van der Waals surface area (Å²) in [6.45, 7) is 8.34. The van der Waals surface area contributed by atoms with Crippen molar-refractivity contribution in [3.63, 3.8) is 0 Å². The molecule has 0 aliphatic rings. The van der Waals surface area contributed by atoms with Gasteiger partial charge in [0.2, 0.25) is 0 Å². The molecule has 4 nitrogen and oxygen atoms in total. The van der Waals surface area contributed by atoms with E-state index in [0.29, 0.717) is 25.2 Å². The van der Waals surface area contributed by atoms with Crippen molar-refractivity contribution in [3.05, 3.63) is 29.8 Å². The minimum atomic E-state index is -1.24. The van der Waals surface area contributed by atoms with E-state index in [0.717, 1.165) is 24.8 Å². The van der Waals surface area contributed by atoms with Crippen molar-refractivity contribution in [1.82, 2.24) is 0 Å². The number of rotatable bonds is 19. The second-order valence-electron chi connectivity index (χ2n) is 9.17. The first-order valence-electron chi connectivity index (χ1n) is 13.5. The summed E-state index contributed by atoms with van der Waals surface area (Å²) in [5.41, 5.74) is -0.283. The van der Waals surface area contributed by atoms with Gasteiger partial charge in [0.1, 0.15) is 5.75 Å². The van der Waals surface area contributed by atoms with Gasteiger partial charge in [-0.15, -0.1) is 0 Å². The van der Waals surface area contributed by atoms with Crippen molar-refractivity contribution >= 4 is 11.9 Å². The van der Waals surface area contributed by atoms with Crippen LogP contribution in [0.3, 0.4) is 0 Å². The molecule has 0 atom stereocenters. The Morgan fingerprint density at radius 3 is 1.73 bits per heavy atom.